The van der Waals surface area contributed by atoms with Gasteiger partial charge in [0.1, 0.15) is 0 Å². The molecule has 1 heterocycles. The van der Waals surface area contributed by atoms with E-state index in [9.17, 15) is 4.79 Å². The number of aliphatic carboxylic acids is 1. The fourth-order valence-electron chi connectivity index (χ4n) is 0.959. The minimum absolute atomic E-state index is 0.174. The quantitative estimate of drug-likeness (QED) is 0.901. The van der Waals surface area contributed by atoms with Gasteiger partial charge in [-0.2, -0.15) is 11.8 Å². The van der Waals surface area contributed by atoms with E-state index in [1.54, 1.807) is 23.1 Å². The highest BCUT2D eigenvalue weighted by molar-refractivity contribution is 9.10. The monoisotopic (exact) mass is 294 g/mol. The number of hydrogen-bond donors (Lipinski definition) is 1. The van der Waals surface area contributed by atoms with Crippen LogP contribution in [0.2, 0.25) is 0 Å². The van der Waals surface area contributed by atoms with Gasteiger partial charge in [-0.05, 0) is 22.0 Å². The molecule has 14 heavy (non-hydrogen) atoms. The molecule has 0 fully saturated rings. The van der Waals surface area contributed by atoms with E-state index >= 15 is 0 Å². The Bertz CT molecular complexity index is 312. The topological polar surface area (TPSA) is 37.3 Å². The van der Waals surface area contributed by atoms with E-state index in [0.29, 0.717) is 0 Å². The zero-order chi connectivity index (χ0) is 10.6. The van der Waals surface area contributed by atoms with Gasteiger partial charge in [0.15, 0.2) is 0 Å². The summed E-state index contributed by atoms with van der Waals surface area (Å²) in [5.74, 6) is 0.169. The van der Waals surface area contributed by atoms with Crippen molar-refractivity contribution in [3.05, 3.63) is 20.8 Å². The van der Waals surface area contributed by atoms with Crippen molar-refractivity contribution >= 4 is 45.0 Å². The average molecular weight is 295 g/mol. The molecule has 0 aromatic carbocycles. The van der Waals surface area contributed by atoms with E-state index in [-0.39, 0.29) is 11.7 Å². The molecule has 0 aliphatic rings. The maximum absolute atomic E-state index is 10.4. The minimum atomic E-state index is -0.725. The molecule has 0 aliphatic carbocycles. The van der Waals surface area contributed by atoms with E-state index in [4.69, 9.17) is 5.11 Å². The Kier molecular flexibility index (Phi) is 4.98. The molecule has 1 aromatic heterocycles. The number of hydrogen-bond acceptors (Lipinski definition) is 3. The molecule has 0 radical (unpaired) electrons. The van der Waals surface area contributed by atoms with Crippen LogP contribution in [0.4, 0.5) is 0 Å². The van der Waals surface area contributed by atoms with Crippen molar-refractivity contribution in [3.63, 3.8) is 0 Å². The average Bonchev–Trinajstić information content (AvgIpc) is 2.47. The zero-order valence-electron chi connectivity index (χ0n) is 7.70. The summed E-state index contributed by atoms with van der Waals surface area (Å²) in [6, 6.07) is 2.07. The van der Waals surface area contributed by atoms with Crippen LogP contribution in [-0.4, -0.2) is 16.3 Å². The van der Waals surface area contributed by atoms with Gasteiger partial charge in [0.05, 0.1) is 6.42 Å². The van der Waals surface area contributed by atoms with Crippen LogP contribution in [0.25, 0.3) is 0 Å². The molecule has 0 saturated heterocycles. The molecule has 1 N–H and O–H groups in total. The van der Waals surface area contributed by atoms with Crippen LogP contribution in [0.15, 0.2) is 15.9 Å². The molecule has 0 saturated carbocycles. The second kappa shape index (κ2) is 5.78. The van der Waals surface area contributed by atoms with E-state index < -0.39 is 5.97 Å². The van der Waals surface area contributed by atoms with Gasteiger partial charge in [-0.1, -0.05) is 6.92 Å². The number of thioether (sulfide) groups is 1. The molecule has 1 unspecified atom stereocenters. The first kappa shape index (κ1) is 12.1. The van der Waals surface area contributed by atoms with Crippen molar-refractivity contribution in [2.24, 2.45) is 0 Å². The highest BCUT2D eigenvalue weighted by Crippen LogP contribution is 2.26. The normalized spacial score (nSPS) is 12.7. The second-order valence-electron chi connectivity index (χ2n) is 2.95. The lowest BCUT2D eigenvalue weighted by Crippen LogP contribution is -2.05. The van der Waals surface area contributed by atoms with Gasteiger partial charge >= 0.3 is 5.97 Å². The van der Waals surface area contributed by atoms with E-state index in [1.165, 1.54) is 4.88 Å². The van der Waals surface area contributed by atoms with Crippen molar-refractivity contribution in [2.45, 2.75) is 24.3 Å². The second-order valence-corrected chi connectivity index (χ2v) is 6.29. The zero-order valence-corrected chi connectivity index (χ0v) is 10.9. The molecule has 1 aromatic rings. The SMILES string of the molecule is CC(CC(=O)O)SCc1cc(Br)cs1. The third kappa shape index (κ3) is 4.48. The van der Waals surface area contributed by atoms with Crippen LogP contribution in [0.3, 0.4) is 0 Å². The van der Waals surface area contributed by atoms with Gasteiger partial charge in [-0.3, -0.25) is 4.79 Å². The summed E-state index contributed by atoms with van der Waals surface area (Å²) in [6.45, 7) is 1.95. The molecule has 0 bridgehead atoms. The lowest BCUT2D eigenvalue weighted by Gasteiger charge is -2.06. The smallest absolute Gasteiger partial charge is 0.304 e. The summed E-state index contributed by atoms with van der Waals surface area (Å²) in [7, 11) is 0. The predicted molar refractivity (Wildman–Crippen MR) is 65.0 cm³/mol. The molecule has 0 amide bonds. The highest BCUT2D eigenvalue weighted by Gasteiger charge is 2.08. The predicted octanol–water partition coefficient (Wildman–Crippen LogP) is 3.61. The van der Waals surface area contributed by atoms with E-state index in [2.05, 4.69) is 22.0 Å². The number of carboxylic acid groups (broad SMARTS) is 1. The maximum atomic E-state index is 10.4. The van der Waals surface area contributed by atoms with E-state index in [1.807, 2.05) is 12.3 Å². The third-order valence-corrected chi connectivity index (χ3v) is 4.69. The summed E-state index contributed by atoms with van der Waals surface area (Å²) in [5, 5.41) is 10.8. The first-order chi connectivity index (χ1) is 6.58. The summed E-state index contributed by atoms with van der Waals surface area (Å²) >= 11 is 6.76. The summed E-state index contributed by atoms with van der Waals surface area (Å²) in [6.07, 6.45) is 0.233. The van der Waals surface area contributed by atoms with Crippen LogP contribution >= 0.6 is 39.0 Å². The van der Waals surface area contributed by atoms with Crippen LogP contribution in [0.5, 0.6) is 0 Å². The lowest BCUT2D eigenvalue weighted by atomic mass is 10.3. The van der Waals surface area contributed by atoms with Gasteiger partial charge in [0.25, 0.3) is 0 Å². The first-order valence-corrected chi connectivity index (χ1v) is 6.86. The van der Waals surface area contributed by atoms with Crippen molar-refractivity contribution in [1.29, 1.82) is 0 Å². The minimum Gasteiger partial charge on any atom is -0.481 e. The third-order valence-electron chi connectivity index (χ3n) is 1.59. The van der Waals surface area contributed by atoms with Crippen molar-refractivity contribution in [2.75, 3.05) is 0 Å². The number of halogens is 1. The Balaban J connectivity index is 2.30. The van der Waals surface area contributed by atoms with Gasteiger partial charge in [0.2, 0.25) is 0 Å². The number of rotatable bonds is 5. The Morgan fingerprint density at radius 1 is 1.79 bits per heavy atom. The van der Waals surface area contributed by atoms with Crippen LogP contribution < -0.4 is 0 Å². The van der Waals surface area contributed by atoms with Gasteiger partial charge in [0, 0.05) is 25.7 Å². The molecule has 78 valence electrons. The standard InChI is InChI=1S/C9H11BrO2S2/c1-6(2-9(11)12)13-5-8-3-7(10)4-14-8/h3-4,6H,2,5H2,1H3,(H,11,12). The Morgan fingerprint density at radius 3 is 3.00 bits per heavy atom. The van der Waals surface area contributed by atoms with Crippen LogP contribution in [0.1, 0.15) is 18.2 Å². The summed E-state index contributed by atoms with van der Waals surface area (Å²) in [5.41, 5.74) is 0. The molecular formula is C9H11BrO2S2. The molecule has 2 nitrogen and oxygen atoms in total. The molecule has 0 spiro atoms. The van der Waals surface area contributed by atoms with E-state index in [0.717, 1.165) is 10.2 Å². The maximum Gasteiger partial charge on any atom is 0.304 e. The molecular weight excluding hydrogens is 284 g/mol. The Labute approximate surface area is 99.8 Å². The number of thiophene rings is 1. The first-order valence-electron chi connectivity index (χ1n) is 4.14. The van der Waals surface area contributed by atoms with Crippen LogP contribution in [0, 0.1) is 0 Å². The fourth-order valence-corrected chi connectivity index (χ4v) is 3.46. The highest BCUT2D eigenvalue weighted by atomic mass is 79.9. The molecule has 1 rings (SSSR count). The molecule has 0 aliphatic heterocycles. The summed E-state index contributed by atoms with van der Waals surface area (Å²) < 4.78 is 1.10. The van der Waals surface area contributed by atoms with Gasteiger partial charge < -0.3 is 5.11 Å². The van der Waals surface area contributed by atoms with Gasteiger partial charge in [-0.25, -0.2) is 0 Å². The van der Waals surface area contributed by atoms with Crippen LogP contribution in [-0.2, 0) is 10.5 Å². The number of carboxylic acids is 1. The van der Waals surface area contributed by atoms with Gasteiger partial charge in [-0.15, -0.1) is 11.3 Å². The molecule has 1 atom stereocenters. The number of carbonyl (C=O) groups is 1. The lowest BCUT2D eigenvalue weighted by molar-refractivity contribution is -0.136. The Morgan fingerprint density at radius 2 is 2.50 bits per heavy atom. The summed E-state index contributed by atoms with van der Waals surface area (Å²) in [4.78, 5) is 11.7. The molecule has 5 heteroatoms. The van der Waals surface area contributed by atoms with Crippen molar-refractivity contribution in [1.82, 2.24) is 0 Å². The van der Waals surface area contributed by atoms with Crippen molar-refractivity contribution in [3.8, 4) is 0 Å². The fraction of sp³-hybridized carbons (Fsp3) is 0.444. The Hall–Kier alpha value is -0.0000000000000000833. The van der Waals surface area contributed by atoms with Crippen molar-refractivity contribution < 1.29 is 9.90 Å². The largest absolute Gasteiger partial charge is 0.481 e.